The van der Waals surface area contributed by atoms with Crippen molar-refractivity contribution >= 4 is 35.4 Å². The second kappa shape index (κ2) is 12.3. The van der Waals surface area contributed by atoms with Crippen molar-refractivity contribution in [3.8, 4) is 24.0 Å². The fraction of sp³-hybridized carbons (Fsp3) is 0.333. The lowest BCUT2D eigenvalue weighted by molar-refractivity contribution is -0.145. The van der Waals surface area contributed by atoms with Gasteiger partial charge < -0.3 is 23.7 Å². The Morgan fingerprint density at radius 1 is 0.932 bits per heavy atom. The molecule has 0 aliphatic carbocycles. The summed E-state index contributed by atoms with van der Waals surface area (Å²) >= 11 is 0. The third-order valence-electron chi connectivity index (χ3n) is 7.61. The van der Waals surface area contributed by atoms with Gasteiger partial charge in [0.25, 0.3) is 12.5 Å². The maximum Gasteiger partial charge on any atom is 0.411 e. The van der Waals surface area contributed by atoms with Crippen LogP contribution in [0.25, 0.3) is 0 Å². The summed E-state index contributed by atoms with van der Waals surface area (Å²) in [5.41, 5.74) is 0.813. The Balaban J connectivity index is 1.12. The number of carbonyl (C=O) groups is 4. The lowest BCUT2D eigenvalue weighted by atomic mass is 9.77. The molecule has 0 aromatic heterocycles. The van der Waals surface area contributed by atoms with E-state index < -0.39 is 47.5 Å². The molecule has 2 N–H and O–H groups in total. The number of nitriles is 2. The third kappa shape index (κ3) is 5.84. The summed E-state index contributed by atoms with van der Waals surface area (Å²) in [6.07, 6.45) is 4.49. The number of likely N-dealkylation sites (tertiary alicyclic amines) is 1. The largest absolute Gasteiger partial charge is 0.449 e. The molecule has 0 radical (unpaired) electrons. The Bertz CT molecular complexity index is 1630. The number of anilines is 2. The van der Waals surface area contributed by atoms with Gasteiger partial charge >= 0.3 is 12.2 Å². The van der Waals surface area contributed by atoms with Crippen LogP contribution in [0.3, 0.4) is 0 Å². The van der Waals surface area contributed by atoms with Crippen LogP contribution in [0.2, 0.25) is 0 Å². The van der Waals surface area contributed by atoms with E-state index >= 15 is 0 Å². The quantitative estimate of drug-likeness (QED) is 0.175. The van der Waals surface area contributed by atoms with Crippen LogP contribution in [0.5, 0.6) is 11.5 Å². The molecule has 44 heavy (non-hydrogen) atoms. The number of benzene rings is 2. The Labute approximate surface area is 251 Å². The van der Waals surface area contributed by atoms with Crippen LogP contribution in [-0.4, -0.2) is 60.4 Å². The summed E-state index contributed by atoms with van der Waals surface area (Å²) in [5.74, 6) is -1.91. The molecule has 3 aliphatic rings. The maximum absolute atomic E-state index is 13.4. The molecule has 3 aliphatic heterocycles. The SMILES string of the molecule is Cc1ccc(NC(=O)OCCCN2C(=O)C3C4C=CC(COC(=O)Nc5ccc(C)c(OC#N)c5)(O4)C3C2=O)cc1OC#N. The second-order valence-electron chi connectivity index (χ2n) is 10.4. The van der Waals surface area contributed by atoms with E-state index in [4.69, 9.17) is 34.2 Å². The Hall–Kier alpha value is -5.60. The van der Waals surface area contributed by atoms with Crippen LogP contribution < -0.4 is 20.1 Å². The van der Waals surface area contributed by atoms with E-state index in [1.807, 2.05) is 0 Å². The average molecular weight is 602 g/mol. The minimum atomic E-state index is -1.30. The van der Waals surface area contributed by atoms with Crippen LogP contribution in [-0.2, 0) is 23.8 Å². The Morgan fingerprint density at radius 3 is 2.11 bits per heavy atom. The van der Waals surface area contributed by atoms with Crippen molar-refractivity contribution in [2.45, 2.75) is 32.0 Å². The molecule has 5 rings (SSSR count). The molecular formula is C30H27N5O9. The van der Waals surface area contributed by atoms with Crippen molar-refractivity contribution in [3.63, 3.8) is 0 Å². The number of hydrogen-bond acceptors (Lipinski definition) is 11. The van der Waals surface area contributed by atoms with Gasteiger partial charge in [-0.15, -0.1) is 10.5 Å². The highest BCUT2D eigenvalue weighted by molar-refractivity contribution is 6.07. The van der Waals surface area contributed by atoms with Crippen molar-refractivity contribution in [2.24, 2.45) is 11.8 Å². The average Bonchev–Trinajstić information content (AvgIpc) is 3.64. The summed E-state index contributed by atoms with van der Waals surface area (Å²) in [6.45, 7) is 3.14. The zero-order valence-corrected chi connectivity index (χ0v) is 23.7. The zero-order chi connectivity index (χ0) is 31.4. The van der Waals surface area contributed by atoms with Crippen molar-refractivity contribution in [3.05, 3.63) is 59.7 Å². The highest BCUT2D eigenvalue weighted by Crippen LogP contribution is 2.52. The van der Waals surface area contributed by atoms with Gasteiger partial charge in [-0.2, -0.15) is 0 Å². The lowest BCUT2D eigenvalue weighted by Gasteiger charge is -2.28. The third-order valence-corrected chi connectivity index (χ3v) is 7.61. The predicted octanol–water partition coefficient (Wildman–Crippen LogP) is 3.52. The predicted molar refractivity (Wildman–Crippen MR) is 150 cm³/mol. The molecule has 2 aromatic carbocycles. The molecule has 0 spiro atoms. The molecule has 226 valence electrons. The highest BCUT2D eigenvalue weighted by atomic mass is 16.6. The summed E-state index contributed by atoms with van der Waals surface area (Å²) in [5, 5.41) is 22.6. The standard InChI is InChI=1S/C30H27N5O9/c1-17-4-6-19(12-22(17)42-15-31)33-28(38)40-11-3-10-35-26(36)24-21-8-9-30(44-21,25(24)27(35)37)14-41-29(39)34-20-7-5-18(2)23(13-20)43-16-32/h4-9,12-13,21,24-25H,3,10-11,14H2,1-2H3,(H,33,38)(H,34,39). The van der Waals surface area contributed by atoms with E-state index in [1.165, 1.54) is 12.1 Å². The van der Waals surface area contributed by atoms with Gasteiger partial charge in [-0.3, -0.25) is 25.1 Å². The second-order valence-corrected chi connectivity index (χ2v) is 10.4. The zero-order valence-electron chi connectivity index (χ0n) is 23.7. The van der Waals surface area contributed by atoms with E-state index in [9.17, 15) is 19.2 Å². The smallest absolute Gasteiger partial charge is 0.411 e. The van der Waals surface area contributed by atoms with Crippen LogP contribution >= 0.6 is 0 Å². The number of ether oxygens (including phenoxy) is 5. The number of amides is 4. The molecule has 4 amide bonds. The molecule has 14 heteroatoms. The van der Waals surface area contributed by atoms with Crippen molar-refractivity contribution in [1.29, 1.82) is 10.5 Å². The number of aryl methyl sites for hydroxylation is 2. The first kappa shape index (κ1) is 29.9. The Kier molecular flexibility index (Phi) is 8.37. The van der Waals surface area contributed by atoms with Gasteiger partial charge in [-0.05, 0) is 49.6 Å². The molecule has 0 saturated carbocycles. The molecule has 14 nitrogen and oxygen atoms in total. The summed E-state index contributed by atoms with van der Waals surface area (Å²) in [6, 6.07) is 9.53. The minimum Gasteiger partial charge on any atom is -0.449 e. The van der Waals surface area contributed by atoms with Gasteiger partial charge in [0, 0.05) is 30.1 Å². The number of hydrogen-bond donors (Lipinski definition) is 2. The van der Waals surface area contributed by atoms with Crippen LogP contribution in [0.15, 0.2) is 48.6 Å². The van der Waals surface area contributed by atoms with Crippen LogP contribution in [0.1, 0.15) is 17.5 Å². The van der Waals surface area contributed by atoms with Crippen molar-refractivity contribution in [1.82, 2.24) is 4.90 Å². The van der Waals surface area contributed by atoms with Gasteiger partial charge in [-0.25, -0.2) is 9.59 Å². The topological polar surface area (TPSA) is 189 Å². The number of rotatable bonds is 10. The molecule has 4 atom stereocenters. The molecular weight excluding hydrogens is 574 g/mol. The number of nitrogens with zero attached hydrogens (tertiary/aromatic N) is 3. The fourth-order valence-electron chi connectivity index (χ4n) is 5.50. The lowest BCUT2D eigenvalue weighted by Crippen LogP contribution is -2.45. The number of carbonyl (C=O) groups excluding carboxylic acids is 4. The van der Waals surface area contributed by atoms with E-state index in [1.54, 1.807) is 62.8 Å². The van der Waals surface area contributed by atoms with E-state index in [-0.39, 0.29) is 31.9 Å². The van der Waals surface area contributed by atoms with Crippen molar-refractivity contribution in [2.75, 3.05) is 30.4 Å². The molecule has 2 fully saturated rings. The van der Waals surface area contributed by atoms with E-state index in [2.05, 4.69) is 10.6 Å². The monoisotopic (exact) mass is 601 g/mol. The van der Waals surface area contributed by atoms with Gasteiger partial charge in [0.05, 0.1) is 24.5 Å². The van der Waals surface area contributed by atoms with Gasteiger partial charge in [0.1, 0.15) is 23.7 Å². The van der Waals surface area contributed by atoms with Crippen LogP contribution in [0.4, 0.5) is 21.0 Å². The first-order chi connectivity index (χ1) is 21.2. The highest BCUT2D eigenvalue weighted by Gasteiger charge is 2.67. The van der Waals surface area contributed by atoms with Gasteiger partial charge in [-0.1, -0.05) is 18.2 Å². The normalized spacial score (nSPS) is 22.5. The van der Waals surface area contributed by atoms with Gasteiger partial charge in [0.2, 0.25) is 11.8 Å². The first-order valence-electron chi connectivity index (χ1n) is 13.6. The van der Waals surface area contributed by atoms with Gasteiger partial charge in [0.15, 0.2) is 0 Å². The van der Waals surface area contributed by atoms with Crippen molar-refractivity contribution < 1.29 is 42.9 Å². The molecule has 2 saturated heterocycles. The fourth-order valence-corrected chi connectivity index (χ4v) is 5.50. The maximum atomic E-state index is 13.4. The first-order valence-corrected chi connectivity index (χ1v) is 13.6. The number of imide groups is 1. The van der Waals surface area contributed by atoms with E-state index in [0.29, 0.717) is 28.3 Å². The summed E-state index contributed by atoms with van der Waals surface area (Å²) in [7, 11) is 0. The molecule has 2 bridgehead atoms. The summed E-state index contributed by atoms with van der Waals surface area (Å²) < 4.78 is 26.3. The van der Waals surface area contributed by atoms with Crippen LogP contribution in [0, 0.1) is 48.7 Å². The number of nitrogens with one attached hydrogen (secondary N) is 2. The number of fused-ring (bicyclic) bond motifs is 5. The minimum absolute atomic E-state index is 0.0211. The molecule has 3 heterocycles. The Morgan fingerprint density at radius 2 is 1.52 bits per heavy atom. The molecule has 4 unspecified atom stereocenters. The summed E-state index contributed by atoms with van der Waals surface area (Å²) in [4.78, 5) is 52.5. The van der Waals surface area contributed by atoms with E-state index in [0.717, 1.165) is 4.90 Å². The molecule has 2 aromatic rings.